The Bertz CT molecular complexity index is 759. The van der Waals surface area contributed by atoms with Crippen molar-refractivity contribution in [2.75, 3.05) is 11.9 Å². The standard InChI is InChI=1S/C18H19N3O/c1-13-6-5-9-15-17(13)19-12-20-18(15)21-16(10-11-22)14-7-3-2-4-8-14/h2-9,12,16,22H,10-11H2,1H3,(H,19,20,21)/t16-/m0/s1. The molecule has 0 unspecified atom stereocenters. The van der Waals surface area contributed by atoms with E-state index in [1.165, 1.54) is 0 Å². The van der Waals surface area contributed by atoms with Crippen molar-refractivity contribution in [3.63, 3.8) is 0 Å². The molecule has 3 aromatic rings. The number of aryl methyl sites for hydroxylation is 1. The molecule has 0 aliphatic rings. The zero-order valence-corrected chi connectivity index (χ0v) is 12.5. The smallest absolute Gasteiger partial charge is 0.137 e. The third-order valence-electron chi connectivity index (χ3n) is 3.80. The third kappa shape index (κ3) is 2.92. The van der Waals surface area contributed by atoms with Crippen molar-refractivity contribution in [2.45, 2.75) is 19.4 Å². The molecule has 0 saturated carbocycles. The van der Waals surface area contributed by atoms with E-state index in [9.17, 15) is 5.11 Å². The Morgan fingerprint density at radius 3 is 2.64 bits per heavy atom. The van der Waals surface area contributed by atoms with Gasteiger partial charge in [-0.25, -0.2) is 9.97 Å². The lowest BCUT2D eigenvalue weighted by Crippen LogP contribution is -2.13. The van der Waals surface area contributed by atoms with Crippen molar-refractivity contribution in [1.29, 1.82) is 0 Å². The molecule has 1 atom stereocenters. The number of aliphatic hydroxyl groups is 1. The van der Waals surface area contributed by atoms with Gasteiger partial charge in [-0.3, -0.25) is 0 Å². The minimum Gasteiger partial charge on any atom is -0.396 e. The summed E-state index contributed by atoms with van der Waals surface area (Å²) in [6.45, 7) is 2.16. The SMILES string of the molecule is Cc1cccc2c(N[C@@H](CCO)c3ccccc3)ncnc12. The number of fused-ring (bicyclic) bond motifs is 1. The van der Waals surface area contributed by atoms with E-state index in [2.05, 4.69) is 27.4 Å². The van der Waals surface area contributed by atoms with E-state index < -0.39 is 0 Å². The van der Waals surface area contributed by atoms with Crippen LogP contribution in [0.2, 0.25) is 0 Å². The fraction of sp³-hybridized carbons (Fsp3) is 0.222. The lowest BCUT2D eigenvalue weighted by atomic mass is 10.0. The molecular weight excluding hydrogens is 274 g/mol. The van der Waals surface area contributed by atoms with Gasteiger partial charge >= 0.3 is 0 Å². The number of rotatable bonds is 5. The molecule has 0 amide bonds. The van der Waals surface area contributed by atoms with Crippen LogP contribution in [0.3, 0.4) is 0 Å². The summed E-state index contributed by atoms with van der Waals surface area (Å²) in [6.07, 6.45) is 2.21. The van der Waals surface area contributed by atoms with Crippen LogP contribution < -0.4 is 5.32 Å². The number of hydrogen-bond donors (Lipinski definition) is 2. The second kappa shape index (κ2) is 6.54. The van der Waals surface area contributed by atoms with E-state index in [0.29, 0.717) is 6.42 Å². The maximum Gasteiger partial charge on any atom is 0.137 e. The zero-order chi connectivity index (χ0) is 15.4. The van der Waals surface area contributed by atoms with E-state index >= 15 is 0 Å². The van der Waals surface area contributed by atoms with Crippen LogP contribution >= 0.6 is 0 Å². The summed E-state index contributed by atoms with van der Waals surface area (Å²) in [5, 5.41) is 13.8. The number of aliphatic hydroxyl groups excluding tert-OH is 1. The van der Waals surface area contributed by atoms with Crippen molar-refractivity contribution in [3.05, 3.63) is 66.0 Å². The van der Waals surface area contributed by atoms with Gasteiger partial charge in [-0.15, -0.1) is 0 Å². The van der Waals surface area contributed by atoms with Crippen LogP contribution in [0.15, 0.2) is 54.9 Å². The first kappa shape index (κ1) is 14.5. The van der Waals surface area contributed by atoms with Gasteiger partial charge in [0.2, 0.25) is 0 Å². The predicted molar refractivity (Wildman–Crippen MR) is 88.8 cm³/mol. The van der Waals surface area contributed by atoms with Gasteiger partial charge in [0.05, 0.1) is 11.6 Å². The Kier molecular flexibility index (Phi) is 4.30. The Morgan fingerprint density at radius 2 is 1.86 bits per heavy atom. The van der Waals surface area contributed by atoms with Crippen molar-refractivity contribution in [1.82, 2.24) is 9.97 Å². The summed E-state index contributed by atoms with van der Waals surface area (Å²) in [5.41, 5.74) is 3.22. The highest BCUT2D eigenvalue weighted by Crippen LogP contribution is 2.27. The monoisotopic (exact) mass is 293 g/mol. The number of anilines is 1. The molecule has 0 aliphatic heterocycles. The molecule has 0 saturated heterocycles. The summed E-state index contributed by atoms with van der Waals surface area (Å²) >= 11 is 0. The quantitative estimate of drug-likeness (QED) is 0.756. The lowest BCUT2D eigenvalue weighted by Gasteiger charge is -2.20. The van der Waals surface area contributed by atoms with Crippen molar-refractivity contribution in [2.24, 2.45) is 0 Å². The first-order valence-electron chi connectivity index (χ1n) is 7.42. The fourth-order valence-corrected chi connectivity index (χ4v) is 2.65. The summed E-state index contributed by atoms with van der Waals surface area (Å²) < 4.78 is 0. The Hall–Kier alpha value is -2.46. The normalized spacial score (nSPS) is 12.3. The minimum atomic E-state index is 0.0183. The molecule has 0 aliphatic carbocycles. The molecule has 2 aromatic carbocycles. The third-order valence-corrected chi connectivity index (χ3v) is 3.80. The second-order valence-electron chi connectivity index (χ2n) is 5.31. The van der Waals surface area contributed by atoms with Crippen molar-refractivity contribution < 1.29 is 5.11 Å². The van der Waals surface area contributed by atoms with Crippen molar-refractivity contribution in [3.8, 4) is 0 Å². The van der Waals surface area contributed by atoms with E-state index in [1.807, 2.05) is 43.3 Å². The number of hydrogen-bond acceptors (Lipinski definition) is 4. The summed E-state index contributed by atoms with van der Waals surface area (Å²) in [5.74, 6) is 0.802. The maximum absolute atomic E-state index is 9.36. The Morgan fingerprint density at radius 1 is 1.05 bits per heavy atom. The zero-order valence-electron chi connectivity index (χ0n) is 12.5. The number of nitrogens with one attached hydrogen (secondary N) is 1. The largest absolute Gasteiger partial charge is 0.396 e. The van der Waals surface area contributed by atoms with Crippen LogP contribution in [-0.4, -0.2) is 21.7 Å². The molecule has 0 bridgehead atoms. The van der Waals surface area contributed by atoms with Gasteiger partial charge < -0.3 is 10.4 Å². The minimum absolute atomic E-state index is 0.0183. The lowest BCUT2D eigenvalue weighted by molar-refractivity contribution is 0.280. The van der Waals surface area contributed by atoms with Crippen LogP contribution in [0.25, 0.3) is 10.9 Å². The van der Waals surface area contributed by atoms with Crippen LogP contribution in [0.4, 0.5) is 5.82 Å². The summed E-state index contributed by atoms with van der Waals surface area (Å²) in [7, 11) is 0. The van der Waals surface area contributed by atoms with Crippen molar-refractivity contribution >= 4 is 16.7 Å². The Labute approximate surface area is 129 Å². The van der Waals surface area contributed by atoms with E-state index in [4.69, 9.17) is 0 Å². The van der Waals surface area contributed by atoms with Gasteiger partial charge in [0.15, 0.2) is 0 Å². The van der Waals surface area contributed by atoms with Gasteiger partial charge in [-0.1, -0.05) is 42.5 Å². The number of nitrogens with zero attached hydrogens (tertiary/aromatic N) is 2. The highest BCUT2D eigenvalue weighted by atomic mass is 16.3. The Balaban J connectivity index is 1.98. The van der Waals surface area contributed by atoms with Crippen LogP contribution in [0, 0.1) is 6.92 Å². The number of aromatic nitrogens is 2. The predicted octanol–water partition coefficient (Wildman–Crippen LogP) is 3.47. The van der Waals surface area contributed by atoms with Gasteiger partial charge in [-0.05, 0) is 30.5 Å². The molecule has 22 heavy (non-hydrogen) atoms. The molecule has 4 heteroatoms. The molecule has 112 valence electrons. The average Bonchev–Trinajstić information content (AvgIpc) is 2.56. The van der Waals surface area contributed by atoms with Gasteiger partial charge in [0, 0.05) is 12.0 Å². The van der Waals surface area contributed by atoms with E-state index in [0.717, 1.165) is 27.8 Å². The topological polar surface area (TPSA) is 58.0 Å². The fourth-order valence-electron chi connectivity index (χ4n) is 2.65. The first-order chi connectivity index (χ1) is 10.8. The van der Waals surface area contributed by atoms with Gasteiger partial charge in [-0.2, -0.15) is 0 Å². The molecular formula is C18H19N3O. The van der Waals surface area contributed by atoms with Crippen LogP contribution in [0.1, 0.15) is 23.6 Å². The second-order valence-corrected chi connectivity index (χ2v) is 5.31. The molecule has 0 radical (unpaired) electrons. The summed E-state index contributed by atoms with van der Waals surface area (Å²) in [4.78, 5) is 8.76. The first-order valence-corrected chi connectivity index (χ1v) is 7.42. The molecule has 4 nitrogen and oxygen atoms in total. The van der Waals surface area contributed by atoms with E-state index in [1.54, 1.807) is 6.33 Å². The molecule has 2 N–H and O–H groups in total. The molecule has 0 fully saturated rings. The molecule has 1 aromatic heterocycles. The highest BCUT2D eigenvalue weighted by Gasteiger charge is 2.13. The summed E-state index contributed by atoms with van der Waals surface area (Å²) in [6, 6.07) is 16.2. The van der Waals surface area contributed by atoms with Gasteiger partial charge in [0.1, 0.15) is 12.1 Å². The molecule has 1 heterocycles. The molecule has 0 spiro atoms. The average molecular weight is 293 g/mol. The number of para-hydroxylation sites is 1. The highest BCUT2D eigenvalue weighted by molar-refractivity contribution is 5.90. The van der Waals surface area contributed by atoms with Crippen LogP contribution in [0.5, 0.6) is 0 Å². The molecule has 3 rings (SSSR count). The maximum atomic E-state index is 9.36. The van der Waals surface area contributed by atoms with Gasteiger partial charge in [0.25, 0.3) is 0 Å². The van der Waals surface area contributed by atoms with E-state index in [-0.39, 0.29) is 12.6 Å². The van der Waals surface area contributed by atoms with Crippen LogP contribution in [-0.2, 0) is 0 Å². The number of benzene rings is 2.